The van der Waals surface area contributed by atoms with Crippen LogP contribution in [0, 0.1) is 0 Å². The van der Waals surface area contributed by atoms with Crippen molar-refractivity contribution in [2.45, 2.75) is 107 Å². The molecule has 2 heteroatoms. The second-order valence-corrected chi connectivity index (χ2v) is 6.08. The number of rotatable bonds is 6. The van der Waals surface area contributed by atoms with Crippen molar-refractivity contribution in [2.75, 3.05) is 5.32 Å². The van der Waals surface area contributed by atoms with Crippen LogP contribution in [0.4, 0.5) is 5.69 Å². The summed E-state index contributed by atoms with van der Waals surface area (Å²) < 4.78 is 0. The lowest BCUT2D eigenvalue weighted by Crippen LogP contribution is -2.10. The molecule has 0 unspecified atom stereocenters. The average molecular weight is 352 g/mol. The van der Waals surface area contributed by atoms with Gasteiger partial charge in [0.05, 0.1) is 0 Å². The summed E-state index contributed by atoms with van der Waals surface area (Å²) >= 11 is 0. The van der Waals surface area contributed by atoms with Crippen molar-refractivity contribution in [1.29, 1.82) is 0 Å². The van der Waals surface area contributed by atoms with Crippen molar-refractivity contribution >= 4 is 11.6 Å². The quantitative estimate of drug-likeness (QED) is 0.550. The highest BCUT2D eigenvalue weighted by Gasteiger charge is 2.03. The van der Waals surface area contributed by atoms with Crippen molar-refractivity contribution in [3.63, 3.8) is 0 Å². The third-order valence-corrected chi connectivity index (χ3v) is 3.31. The van der Waals surface area contributed by atoms with Crippen LogP contribution in [-0.4, -0.2) is 5.91 Å². The molecule has 1 N–H and O–H groups in total. The molecule has 0 radical (unpaired) electrons. The van der Waals surface area contributed by atoms with E-state index in [4.69, 9.17) is 0 Å². The summed E-state index contributed by atoms with van der Waals surface area (Å²) in [5.41, 5.74) is 2.16. The average Bonchev–Trinajstić information content (AvgIpc) is 2.64. The zero-order valence-electron chi connectivity index (χ0n) is 18.5. The Morgan fingerprint density at radius 2 is 1.36 bits per heavy atom. The normalized spacial score (nSPS) is 8.88. The fourth-order valence-electron chi connectivity index (χ4n) is 1.43. The van der Waals surface area contributed by atoms with E-state index in [1.54, 1.807) is 0 Å². The van der Waals surface area contributed by atoms with Gasteiger partial charge in [-0.1, -0.05) is 100 Å². The first kappa shape index (κ1) is 28.5. The molecular weight excluding hydrogens is 306 g/mol. The molecule has 0 saturated carbocycles. The topological polar surface area (TPSA) is 29.1 Å². The van der Waals surface area contributed by atoms with Crippen molar-refractivity contribution < 1.29 is 4.79 Å². The zero-order chi connectivity index (χ0) is 20.1. The van der Waals surface area contributed by atoms with Gasteiger partial charge in [0.25, 0.3) is 0 Å². The smallest absolute Gasteiger partial charge is 0.224 e. The van der Waals surface area contributed by atoms with Gasteiger partial charge < -0.3 is 5.32 Å². The van der Waals surface area contributed by atoms with Gasteiger partial charge >= 0.3 is 0 Å². The Morgan fingerprint density at radius 1 is 0.880 bits per heavy atom. The minimum Gasteiger partial charge on any atom is -0.326 e. The van der Waals surface area contributed by atoms with Crippen LogP contribution in [0.3, 0.4) is 0 Å². The lowest BCUT2D eigenvalue weighted by molar-refractivity contribution is -0.116. The minimum atomic E-state index is 0.0957. The van der Waals surface area contributed by atoms with Gasteiger partial charge in [0.15, 0.2) is 0 Å². The van der Waals surface area contributed by atoms with Gasteiger partial charge in [-0.3, -0.25) is 4.79 Å². The van der Waals surface area contributed by atoms with Gasteiger partial charge in [-0.25, -0.2) is 0 Å². The van der Waals surface area contributed by atoms with Crippen LogP contribution < -0.4 is 5.32 Å². The molecule has 0 bridgehead atoms. The zero-order valence-corrected chi connectivity index (χ0v) is 18.5. The highest BCUT2D eigenvalue weighted by molar-refractivity contribution is 5.90. The first-order chi connectivity index (χ1) is 12.0. The summed E-state index contributed by atoms with van der Waals surface area (Å²) in [7, 11) is 0. The van der Waals surface area contributed by atoms with Gasteiger partial charge in [0, 0.05) is 12.1 Å². The van der Waals surface area contributed by atoms with E-state index in [1.807, 2.05) is 39.0 Å². The van der Waals surface area contributed by atoms with Gasteiger partial charge in [0.1, 0.15) is 0 Å². The second kappa shape index (κ2) is 22.7. The molecule has 2 nitrogen and oxygen atoms in total. The van der Waals surface area contributed by atoms with E-state index in [2.05, 4.69) is 52.9 Å². The molecule has 0 aliphatic carbocycles. The van der Waals surface area contributed by atoms with E-state index >= 15 is 0 Å². The van der Waals surface area contributed by atoms with Gasteiger partial charge in [0.2, 0.25) is 5.91 Å². The first-order valence-electron chi connectivity index (χ1n) is 10.4. The molecule has 148 valence electrons. The van der Waals surface area contributed by atoms with Crippen molar-refractivity contribution in [2.24, 2.45) is 0 Å². The van der Waals surface area contributed by atoms with Crippen LogP contribution in [0.15, 0.2) is 24.3 Å². The molecule has 1 aromatic carbocycles. The second-order valence-electron chi connectivity index (χ2n) is 6.08. The third-order valence-electron chi connectivity index (χ3n) is 3.31. The number of anilines is 1. The maximum Gasteiger partial charge on any atom is 0.224 e. The Hall–Kier alpha value is -1.31. The Bertz CT molecular complexity index is 377. The summed E-state index contributed by atoms with van der Waals surface area (Å²) in [6, 6.07) is 8.04. The van der Waals surface area contributed by atoms with Gasteiger partial charge in [-0.2, -0.15) is 0 Å². The molecule has 1 amide bonds. The molecule has 0 atom stereocenters. The van der Waals surface area contributed by atoms with E-state index in [-0.39, 0.29) is 5.91 Å². The molecule has 1 aromatic rings. The van der Waals surface area contributed by atoms with Crippen LogP contribution in [0.1, 0.15) is 112 Å². The molecule has 1 rings (SSSR count). The number of hydrogen-bond donors (Lipinski definition) is 1. The molecule has 0 aliphatic rings. The Kier molecular flexibility index (Phi) is 25.9. The van der Waals surface area contributed by atoms with Gasteiger partial charge in [-0.15, -0.1) is 0 Å². The van der Waals surface area contributed by atoms with Crippen molar-refractivity contribution in [3.8, 4) is 0 Å². The molecule has 0 heterocycles. The first-order valence-corrected chi connectivity index (χ1v) is 10.4. The van der Waals surface area contributed by atoms with Gasteiger partial charge in [-0.05, 0) is 30.0 Å². The Labute approximate surface area is 158 Å². The molecule has 0 fully saturated rings. The summed E-state index contributed by atoms with van der Waals surface area (Å²) in [5, 5.41) is 2.90. The summed E-state index contributed by atoms with van der Waals surface area (Å²) in [6.07, 6.45) is 6.75. The van der Waals surface area contributed by atoms with Crippen LogP contribution >= 0.6 is 0 Å². The van der Waals surface area contributed by atoms with Crippen LogP contribution in [0.2, 0.25) is 0 Å². The van der Waals surface area contributed by atoms with Crippen LogP contribution in [0.25, 0.3) is 0 Å². The number of unbranched alkanes of at least 4 members (excludes halogenated alkanes) is 2. The summed E-state index contributed by atoms with van der Waals surface area (Å²) in [6.45, 7) is 19.0. The number of carbonyl (C=O) groups excluding carboxylic acids is 1. The number of carbonyl (C=O) groups is 1. The number of hydrogen-bond acceptors (Lipinski definition) is 1. The molecule has 0 aromatic heterocycles. The standard InChI is InChI=1S/C13H19NO.2C4H10.C2H6/c1-4-6-13(15)14-12-8-5-7-11(9-12)10(2)3;2*1-3-4-2;1-2/h5,7-10H,4,6H2,1-3H3,(H,14,15);2*3-4H2,1-2H3;1-2H3. The third kappa shape index (κ3) is 20.6. The Morgan fingerprint density at radius 3 is 1.72 bits per heavy atom. The highest BCUT2D eigenvalue weighted by atomic mass is 16.1. The molecule has 0 saturated heterocycles. The monoisotopic (exact) mass is 351 g/mol. The minimum absolute atomic E-state index is 0.0957. The lowest BCUT2D eigenvalue weighted by Gasteiger charge is -2.09. The summed E-state index contributed by atoms with van der Waals surface area (Å²) in [5.74, 6) is 0.589. The number of benzene rings is 1. The fourth-order valence-corrected chi connectivity index (χ4v) is 1.43. The van der Waals surface area contributed by atoms with E-state index in [0.717, 1.165) is 12.1 Å². The van der Waals surface area contributed by atoms with Crippen molar-refractivity contribution in [1.82, 2.24) is 0 Å². The largest absolute Gasteiger partial charge is 0.326 e. The molecule has 0 aliphatic heterocycles. The van der Waals surface area contributed by atoms with E-state index in [0.29, 0.717) is 12.3 Å². The van der Waals surface area contributed by atoms with E-state index in [1.165, 1.54) is 31.2 Å². The lowest BCUT2D eigenvalue weighted by atomic mass is 10.0. The Balaban J connectivity index is -0.000000402. The number of amides is 1. The predicted octanol–water partition coefficient (Wildman–Crippen LogP) is 8.19. The predicted molar refractivity (Wildman–Crippen MR) is 117 cm³/mol. The fraction of sp³-hybridized carbons (Fsp3) is 0.696. The maximum absolute atomic E-state index is 11.4. The number of nitrogens with one attached hydrogen (secondary N) is 1. The van der Waals surface area contributed by atoms with E-state index in [9.17, 15) is 4.79 Å². The molecule has 0 spiro atoms. The highest BCUT2D eigenvalue weighted by Crippen LogP contribution is 2.18. The summed E-state index contributed by atoms with van der Waals surface area (Å²) in [4.78, 5) is 11.4. The van der Waals surface area contributed by atoms with Crippen LogP contribution in [-0.2, 0) is 4.79 Å². The van der Waals surface area contributed by atoms with E-state index < -0.39 is 0 Å². The SMILES string of the molecule is CC.CCCC.CCCC.CCCC(=O)Nc1cccc(C(C)C)c1. The van der Waals surface area contributed by atoms with Crippen molar-refractivity contribution in [3.05, 3.63) is 29.8 Å². The molecule has 25 heavy (non-hydrogen) atoms. The van der Waals surface area contributed by atoms with Crippen LogP contribution in [0.5, 0.6) is 0 Å². The maximum atomic E-state index is 11.4. The molecular formula is C23H45NO.